The van der Waals surface area contributed by atoms with Crippen LogP contribution < -0.4 is 5.32 Å². The second kappa shape index (κ2) is 3.22. The first-order valence-electron chi connectivity index (χ1n) is 4.08. The largest absolute Gasteiger partial charge is 0.383 e. The average molecular weight is 157 g/mol. The number of carbonyl (C=O) groups excluding carboxylic acids is 1. The molecule has 0 bridgehead atoms. The molecule has 2 atom stereocenters. The lowest BCUT2D eigenvalue weighted by Crippen LogP contribution is -2.28. The van der Waals surface area contributed by atoms with E-state index in [0.29, 0.717) is 12.3 Å². The zero-order valence-electron chi connectivity index (χ0n) is 7.00. The van der Waals surface area contributed by atoms with Crippen molar-refractivity contribution in [3.63, 3.8) is 0 Å². The first-order valence-corrected chi connectivity index (χ1v) is 4.08. The molecule has 1 heterocycles. The van der Waals surface area contributed by atoms with Crippen molar-refractivity contribution in [3.8, 4) is 0 Å². The Morgan fingerprint density at radius 1 is 1.73 bits per heavy atom. The van der Waals surface area contributed by atoms with Gasteiger partial charge in [0, 0.05) is 12.5 Å². The molecule has 3 heteroatoms. The predicted octanol–water partition coefficient (Wildman–Crippen LogP) is 0.282. The third-order valence-corrected chi connectivity index (χ3v) is 1.91. The molecule has 0 aromatic rings. The highest BCUT2D eigenvalue weighted by molar-refractivity contribution is 5.83. The standard InChI is InChI=1S/C8H15NO2/c1-5(2)3-6-4-7(10)8(11)9-6/h5-7,10H,3-4H2,1-2H3,(H,9,11)/t6-,7+/m0/s1. The Hall–Kier alpha value is -0.570. The van der Waals surface area contributed by atoms with Gasteiger partial charge in [0.2, 0.25) is 5.91 Å². The molecule has 0 aromatic carbocycles. The summed E-state index contributed by atoms with van der Waals surface area (Å²) < 4.78 is 0. The minimum absolute atomic E-state index is 0.192. The second-order valence-corrected chi connectivity index (χ2v) is 3.59. The van der Waals surface area contributed by atoms with Gasteiger partial charge < -0.3 is 10.4 Å². The zero-order valence-corrected chi connectivity index (χ0v) is 7.00. The molecule has 1 aliphatic heterocycles. The van der Waals surface area contributed by atoms with Gasteiger partial charge in [0.1, 0.15) is 6.10 Å². The highest BCUT2D eigenvalue weighted by Crippen LogP contribution is 2.15. The summed E-state index contributed by atoms with van der Waals surface area (Å²) in [6, 6.07) is 0.192. The van der Waals surface area contributed by atoms with Crippen LogP contribution in [0.15, 0.2) is 0 Å². The van der Waals surface area contributed by atoms with Crippen molar-refractivity contribution in [1.82, 2.24) is 5.32 Å². The molecule has 0 radical (unpaired) electrons. The third-order valence-electron chi connectivity index (χ3n) is 1.91. The first kappa shape index (κ1) is 8.53. The van der Waals surface area contributed by atoms with E-state index in [1.54, 1.807) is 0 Å². The number of rotatable bonds is 2. The van der Waals surface area contributed by atoms with Gasteiger partial charge in [0.15, 0.2) is 0 Å². The molecule has 0 saturated carbocycles. The Labute approximate surface area is 66.8 Å². The van der Waals surface area contributed by atoms with Crippen LogP contribution in [0.25, 0.3) is 0 Å². The number of nitrogens with one attached hydrogen (secondary N) is 1. The van der Waals surface area contributed by atoms with Crippen LogP contribution in [-0.4, -0.2) is 23.2 Å². The van der Waals surface area contributed by atoms with Crippen molar-refractivity contribution in [2.24, 2.45) is 5.92 Å². The maximum atomic E-state index is 10.8. The molecule has 64 valence electrons. The number of aliphatic hydroxyl groups excluding tert-OH is 1. The zero-order chi connectivity index (χ0) is 8.43. The van der Waals surface area contributed by atoms with Crippen LogP contribution in [-0.2, 0) is 4.79 Å². The molecular formula is C8H15NO2. The van der Waals surface area contributed by atoms with Gasteiger partial charge in [-0.15, -0.1) is 0 Å². The molecule has 1 amide bonds. The molecule has 1 fully saturated rings. The van der Waals surface area contributed by atoms with Crippen LogP contribution in [0.4, 0.5) is 0 Å². The van der Waals surface area contributed by atoms with E-state index in [0.717, 1.165) is 6.42 Å². The van der Waals surface area contributed by atoms with Crippen LogP contribution in [0.3, 0.4) is 0 Å². The molecule has 1 rings (SSSR count). The van der Waals surface area contributed by atoms with E-state index in [4.69, 9.17) is 5.11 Å². The molecule has 0 spiro atoms. The van der Waals surface area contributed by atoms with Crippen LogP contribution in [0, 0.1) is 5.92 Å². The minimum Gasteiger partial charge on any atom is -0.383 e. The van der Waals surface area contributed by atoms with Crippen LogP contribution in [0.5, 0.6) is 0 Å². The summed E-state index contributed by atoms with van der Waals surface area (Å²) >= 11 is 0. The van der Waals surface area contributed by atoms with Gasteiger partial charge in [-0.2, -0.15) is 0 Å². The Morgan fingerprint density at radius 2 is 2.36 bits per heavy atom. The van der Waals surface area contributed by atoms with E-state index in [1.165, 1.54) is 0 Å². The highest BCUT2D eigenvalue weighted by atomic mass is 16.3. The lowest BCUT2D eigenvalue weighted by atomic mass is 10.0. The summed E-state index contributed by atoms with van der Waals surface area (Å²) in [5.74, 6) is 0.362. The Balaban J connectivity index is 2.35. The number of hydrogen-bond donors (Lipinski definition) is 2. The van der Waals surface area contributed by atoms with Gasteiger partial charge in [-0.1, -0.05) is 13.8 Å². The minimum atomic E-state index is -0.765. The number of amides is 1. The molecule has 1 saturated heterocycles. The molecular weight excluding hydrogens is 142 g/mol. The van der Waals surface area contributed by atoms with E-state index in [2.05, 4.69) is 19.2 Å². The lowest BCUT2D eigenvalue weighted by Gasteiger charge is -2.11. The van der Waals surface area contributed by atoms with Crippen LogP contribution in [0.2, 0.25) is 0 Å². The summed E-state index contributed by atoms with van der Waals surface area (Å²) in [5.41, 5.74) is 0. The van der Waals surface area contributed by atoms with Gasteiger partial charge in [-0.05, 0) is 12.3 Å². The Kier molecular flexibility index (Phi) is 2.49. The van der Waals surface area contributed by atoms with Gasteiger partial charge in [0.25, 0.3) is 0 Å². The SMILES string of the molecule is CC(C)C[C@H]1C[C@@H](O)C(=O)N1. The summed E-state index contributed by atoms with van der Waals surface area (Å²) in [5, 5.41) is 11.8. The van der Waals surface area contributed by atoms with Crippen molar-refractivity contribution in [3.05, 3.63) is 0 Å². The summed E-state index contributed by atoms with van der Waals surface area (Å²) in [6.45, 7) is 4.22. The third kappa shape index (κ3) is 2.19. The van der Waals surface area contributed by atoms with Crippen LogP contribution >= 0.6 is 0 Å². The average Bonchev–Trinajstić information content (AvgIpc) is 2.10. The van der Waals surface area contributed by atoms with E-state index in [-0.39, 0.29) is 11.9 Å². The molecule has 3 nitrogen and oxygen atoms in total. The summed E-state index contributed by atoms with van der Waals surface area (Å²) in [7, 11) is 0. The summed E-state index contributed by atoms with van der Waals surface area (Å²) in [4.78, 5) is 10.8. The molecule has 2 N–H and O–H groups in total. The number of aliphatic hydroxyl groups is 1. The van der Waals surface area contributed by atoms with Gasteiger partial charge in [0.05, 0.1) is 0 Å². The van der Waals surface area contributed by atoms with Gasteiger partial charge in [-0.25, -0.2) is 0 Å². The molecule has 0 aliphatic carbocycles. The Bertz CT molecular complexity index is 156. The number of hydrogen-bond acceptors (Lipinski definition) is 2. The second-order valence-electron chi connectivity index (χ2n) is 3.59. The van der Waals surface area contributed by atoms with Crippen molar-refractivity contribution < 1.29 is 9.90 Å². The maximum Gasteiger partial charge on any atom is 0.249 e. The van der Waals surface area contributed by atoms with E-state index >= 15 is 0 Å². The lowest BCUT2D eigenvalue weighted by molar-refractivity contribution is -0.126. The highest BCUT2D eigenvalue weighted by Gasteiger charge is 2.29. The Morgan fingerprint density at radius 3 is 2.73 bits per heavy atom. The van der Waals surface area contributed by atoms with E-state index < -0.39 is 6.10 Å². The van der Waals surface area contributed by atoms with Crippen molar-refractivity contribution in [2.45, 2.75) is 38.8 Å². The molecule has 0 aromatic heterocycles. The smallest absolute Gasteiger partial charge is 0.249 e. The topological polar surface area (TPSA) is 49.3 Å². The van der Waals surface area contributed by atoms with E-state index in [9.17, 15) is 4.79 Å². The van der Waals surface area contributed by atoms with Gasteiger partial charge in [-0.3, -0.25) is 4.79 Å². The molecule has 1 aliphatic rings. The van der Waals surface area contributed by atoms with Gasteiger partial charge >= 0.3 is 0 Å². The fourth-order valence-electron chi connectivity index (χ4n) is 1.46. The van der Waals surface area contributed by atoms with Crippen molar-refractivity contribution >= 4 is 5.91 Å². The first-order chi connectivity index (χ1) is 5.09. The fraction of sp³-hybridized carbons (Fsp3) is 0.875. The van der Waals surface area contributed by atoms with Crippen LogP contribution in [0.1, 0.15) is 26.7 Å². The van der Waals surface area contributed by atoms with Crippen molar-refractivity contribution in [1.29, 1.82) is 0 Å². The van der Waals surface area contributed by atoms with Crippen molar-refractivity contribution in [2.75, 3.05) is 0 Å². The fourth-order valence-corrected chi connectivity index (χ4v) is 1.46. The predicted molar refractivity (Wildman–Crippen MR) is 42.0 cm³/mol. The molecule has 11 heavy (non-hydrogen) atoms. The normalized spacial score (nSPS) is 31.1. The number of carbonyl (C=O) groups is 1. The quantitative estimate of drug-likeness (QED) is 0.605. The molecule has 0 unspecified atom stereocenters. The monoisotopic (exact) mass is 157 g/mol. The maximum absolute atomic E-state index is 10.8. The van der Waals surface area contributed by atoms with E-state index in [1.807, 2.05) is 0 Å². The summed E-state index contributed by atoms with van der Waals surface area (Å²) in [6.07, 6.45) is 0.776.